The summed E-state index contributed by atoms with van der Waals surface area (Å²) in [5, 5.41) is 2.93. The lowest BCUT2D eigenvalue weighted by atomic mass is 10.1. The van der Waals surface area contributed by atoms with Gasteiger partial charge in [-0.1, -0.05) is 13.8 Å². The van der Waals surface area contributed by atoms with E-state index in [-0.39, 0.29) is 23.8 Å². The fourth-order valence-corrected chi connectivity index (χ4v) is 2.74. The molecule has 0 saturated carbocycles. The van der Waals surface area contributed by atoms with E-state index in [0.29, 0.717) is 25.4 Å². The maximum atomic E-state index is 12.1. The van der Waals surface area contributed by atoms with E-state index < -0.39 is 0 Å². The van der Waals surface area contributed by atoms with Crippen LogP contribution < -0.4 is 5.32 Å². The van der Waals surface area contributed by atoms with Gasteiger partial charge in [-0.3, -0.25) is 9.59 Å². The van der Waals surface area contributed by atoms with Gasteiger partial charge in [-0.25, -0.2) is 0 Å². The van der Waals surface area contributed by atoms with Crippen LogP contribution in [-0.4, -0.2) is 49.1 Å². The first-order valence-electron chi connectivity index (χ1n) is 7.73. The van der Waals surface area contributed by atoms with Crippen molar-refractivity contribution in [2.75, 3.05) is 26.2 Å². The Morgan fingerprint density at radius 3 is 2.95 bits per heavy atom. The second-order valence-electron chi connectivity index (χ2n) is 6.30. The Bertz CT molecular complexity index is 351. The molecule has 2 saturated heterocycles. The van der Waals surface area contributed by atoms with Crippen LogP contribution in [0.2, 0.25) is 0 Å². The van der Waals surface area contributed by atoms with Crippen LogP contribution in [0.4, 0.5) is 0 Å². The average molecular weight is 282 g/mol. The van der Waals surface area contributed by atoms with Crippen molar-refractivity contribution in [1.82, 2.24) is 10.2 Å². The van der Waals surface area contributed by atoms with Crippen molar-refractivity contribution in [2.45, 2.75) is 45.6 Å². The first-order valence-corrected chi connectivity index (χ1v) is 7.73. The molecule has 1 N–H and O–H groups in total. The number of nitrogens with zero attached hydrogens (tertiary/aromatic N) is 1. The third-order valence-electron chi connectivity index (χ3n) is 4.09. The number of likely N-dealkylation sites (tertiary alicyclic amines) is 1. The molecule has 0 aromatic carbocycles. The fraction of sp³-hybridized carbons (Fsp3) is 0.867. The first kappa shape index (κ1) is 15.3. The highest BCUT2D eigenvalue weighted by molar-refractivity contribution is 5.89. The Morgan fingerprint density at radius 2 is 2.30 bits per heavy atom. The number of carbonyl (C=O) groups excluding carboxylic acids is 2. The van der Waals surface area contributed by atoms with Gasteiger partial charge in [0.25, 0.3) is 0 Å². The molecule has 2 heterocycles. The van der Waals surface area contributed by atoms with Gasteiger partial charge in [0, 0.05) is 32.7 Å². The van der Waals surface area contributed by atoms with E-state index in [9.17, 15) is 9.59 Å². The van der Waals surface area contributed by atoms with Crippen molar-refractivity contribution in [1.29, 1.82) is 0 Å². The monoisotopic (exact) mass is 282 g/mol. The largest absolute Gasteiger partial charge is 0.376 e. The van der Waals surface area contributed by atoms with E-state index in [1.807, 2.05) is 4.90 Å². The highest BCUT2D eigenvalue weighted by atomic mass is 16.5. The molecule has 2 aliphatic rings. The maximum Gasteiger partial charge on any atom is 0.225 e. The number of hydrogen-bond donors (Lipinski definition) is 1. The molecular weight excluding hydrogens is 256 g/mol. The van der Waals surface area contributed by atoms with Gasteiger partial charge in [0.15, 0.2) is 0 Å². The number of ether oxygens (including phenoxy) is 1. The summed E-state index contributed by atoms with van der Waals surface area (Å²) in [4.78, 5) is 25.8. The Kier molecular flexibility index (Phi) is 5.40. The van der Waals surface area contributed by atoms with Crippen molar-refractivity contribution >= 4 is 11.8 Å². The predicted molar refractivity (Wildman–Crippen MR) is 76.1 cm³/mol. The Balaban J connectivity index is 1.72. The second-order valence-corrected chi connectivity index (χ2v) is 6.30. The third kappa shape index (κ3) is 4.20. The number of rotatable bonds is 6. The van der Waals surface area contributed by atoms with Gasteiger partial charge in [-0.05, 0) is 25.2 Å². The van der Waals surface area contributed by atoms with Crippen molar-refractivity contribution < 1.29 is 14.3 Å². The summed E-state index contributed by atoms with van der Waals surface area (Å²) in [6, 6.07) is 0. The van der Waals surface area contributed by atoms with Crippen LogP contribution in [0.15, 0.2) is 0 Å². The van der Waals surface area contributed by atoms with Crippen molar-refractivity contribution in [2.24, 2.45) is 11.8 Å². The van der Waals surface area contributed by atoms with E-state index in [1.165, 1.54) is 0 Å². The number of nitrogens with one attached hydrogen (secondary N) is 1. The molecule has 0 bridgehead atoms. The summed E-state index contributed by atoms with van der Waals surface area (Å²) >= 11 is 0. The predicted octanol–water partition coefficient (Wildman–Crippen LogP) is 1.18. The highest BCUT2D eigenvalue weighted by Crippen LogP contribution is 2.19. The SMILES string of the molecule is CC(C)CCN1C[C@H](C(=O)NC[C@H]2CCCO2)CC1=O. The van der Waals surface area contributed by atoms with Crippen molar-refractivity contribution in [3.63, 3.8) is 0 Å². The van der Waals surface area contributed by atoms with E-state index in [1.54, 1.807) is 0 Å². The molecule has 0 unspecified atom stereocenters. The lowest BCUT2D eigenvalue weighted by Crippen LogP contribution is -2.37. The molecule has 2 rings (SSSR count). The smallest absolute Gasteiger partial charge is 0.225 e. The third-order valence-corrected chi connectivity index (χ3v) is 4.09. The molecule has 114 valence electrons. The Morgan fingerprint density at radius 1 is 1.50 bits per heavy atom. The molecule has 0 spiro atoms. The van der Waals surface area contributed by atoms with Gasteiger partial charge in [-0.2, -0.15) is 0 Å². The summed E-state index contributed by atoms with van der Waals surface area (Å²) in [5.41, 5.74) is 0. The van der Waals surface area contributed by atoms with Crippen LogP contribution in [0.5, 0.6) is 0 Å². The molecular formula is C15H26N2O3. The Hall–Kier alpha value is -1.10. The van der Waals surface area contributed by atoms with Crippen LogP contribution in [0.25, 0.3) is 0 Å². The normalized spacial score (nSPS) is 26.6. The molecule has 2 aliphatic heterocycles. The maximum absolute atomic E-state index is 12.1. The summed E-state index contributed by atoms with van der Waals surface area (Å²) in [6.07, 6.45) is 3.61. The van der Waals surface area contributed by atoms with Crippen molar-refractivity contribution in [3.8, 4) is 0 Å². The molecule has 0 aromatic rings. The second kappa shape index (κ2) is 7.07. The molecule has 5 heteroatoms. The van der Waals surface area contributed by atoms with Crippen LogP contribution in [-0.2, 0) is 14.3 Å². The number of amides is 2. The van der Waals surface area contributed by atoms with Crippen LogP contribution in [0, 0.1) is 11.8 Å². The summed E-state index contributed by atoms with van der Waals surface area (Å²) in [7, 11) is 0. The summed E-state index contributed by atoms with van der Waals surface area (Å²) < 4.78 is 5.48. The standard InChI is InChI=1S/C15H26N2O3/c1-11(2)5-6-17-10-12(8-14(17)18)15(19)16-9-13-4-3-7-20-13/h11-13H,3-10H2,1-2H3,(H,16,19)/t12-,13-/m1/s1. The minimum Gasteiger partial charge on any atom is -0.376 e. The molecule has 2 atom stereocenters. The van der Waals surface area contributed by atoms with Gasteiger partial charge in [0.1, 0.15) is 0 Å². The minimum atomic E-state index is -0.184. The van der Waals surface area contributed by atoms with E-state index >= 15 is 0 Å². The molecule has 2 fully saturated rings. The zero-order chi connectivity index (χ0) is 14.5. The zero-order valence-electron chi connectivity index (χ0n) is 12.6. The molecule has 0 aliphatic carbocycles. The fourth-order valence-electron chi connectivity index (χ4n) is 2.74. The summed E-state index contributed by atoms with van der Waals surface area (Å²) in [5.74, 6) is 0.509. The minimum absolute atomic E-state index is 0.000830. The van der Waals surface area contributed by atoms with E-state index in [4.69, 9.17) is 4.74 Å². The van der Waals surface area contributed by atoms with Crippen LogP contribution in [0.3, 0.4) is 0 Å². The molecule has 5 nitrogen and oxygen atoms in total. The Labute approximate surface area is 121 Å². The molecule has 2 amide bonds. The van der Waals surface area contributed by atoms with Gasteiger partial charge in [0.2, 0.25) is 11.8 Å². The van der Waals surface area contributed by atoms with Crippen LogP contribution in [0.1, 0.15) is 39.5 Å². The first-order chi connectivity index (χ1) is 9.56. The average Bonchev–Trinajstić information content (AvgIpc) is 3.03. The molecule has 0 radical (unpaired) electrons. The lowest BCUT2D eigenvalue weighted by molar-refractivity contribution is -0.129. The summed E-state index contributed by atoms with van der Waals surface area (Å²) in [6.45, 7) is 7.01. The van der Waals surface area contributed by atoms with Crippen LogP contribution >= 0.6 is 0 Å². The van der Waals surface area contributed by atoms with Gasteiger partial charge in [0.05, 0.1) is 12.0 Å². The highest BCUT2D eigenvalue weighted by Gasteiger charge is 2.34. The number of hydrogen-bond acceptors (Lipinski definition) is 3. The topological polar surface area (TPSA) is 58.6 Å². The van der Waals surface area contributed by atoms with Gasteiger partial charge in [-0.15, -0.1) is 0 Å². The zero-order valence-corrected chi connectivity index (χ0v) is 12.6. The van der Waals surface area contributed by atoms with Gasteiger partial charge < -0.3 is 15.0 Å². The lowest BCUT2D eigenvalue weighted by Gasteiger charge is -2.18. The molecule has 20 heavy (non-hydrogen) atoms. The van der Waals surface area contributed by atoms with E-state index in [2.05, 4.69) is 19.2 Å². The van der Waals surface area contributed by atoms with Crippen molar-refractivity contribution in [3.05, 3.63) is 0 Å². The quantitative estimate of drug-likeness (QED) is 0.796. The van der Waals surface area contributed by atoms with Gasteiger partial charge >= 0.3 is 0 Å². The number of carbonyl (C=O) groups is 2. The van der Waals surface area contributed by atoms with E-state index in [0.717, 1.165) is 32.4 Å². The molecule has 0 aromatic heterocycles.